The van der Waals surface area contributed by atoms with Gasteiger partial charge in [-0.3, -0.25) is 0 Å². The Labute approximate surface area is 119 Å². The highest BCUT2D eigenvalue weighted by atomic mass is 32.2. The molecule has 0 radical (unpaired) electrons. The third kappa shape index (κ3) is 4.59. The largest absolute Gasteiger partial charge is 0.492 e. The minimum absolute atomic E-state index is 0.0538. The summed E-state index contributed by atoms with van der Waals surface area (Å²) in [6.07, 6.45) is 0. The Morgan fingerprint density at radius 3 is 2.20 bits per heavy atom. The number of hydrogen-bond donors (Lipinski definition) is 0. The molecular formula is C15H16O4S. The van der Waals surface area contributed by atoms with Gasteiger partial charge in [0.1, 0.15) is 23.9 Å². The zero-order valence-corrected chi connectivity index (χ0v) is 12.0. The topological polar surface area (TPSA) is 52.6 Å². The van der Waals surface area contributed by atoms with Gasteiger partial charge in [0.05, 0.1) is 0 Å². The highest BCUT2D eigenvalue weighted by molar-refractivity contribution is 7.87. The van der Waals surface area contributed by atoms with Crippen LogP contribution in [0, 0.1) is 6.92 Å². The molecule has 0 bridgehead atoms. The van der Waals surface area contributed by atoms with Crippen LogP contribution >= 0.6 is 0 Å². The molecule has 4 nitrogen and oxygen atoms in total. The minimum Gasteiger partial charge on any atom is -0.492 e. The van der Waals surface area contributed by atoms with Crippen molar-refractivity contribution in [3.63, 3.8) is 0 Å². The molecule has 2 rings (SSSR count). The van der Waals surface area contributed by atoms with Crippen molar-refractivity contribution in [3.8, 4) is 11.5 Å². The highest BCUT2D eigenvalue weighted by Gasteiger charge is 2.13. The maximum atomic E-state index is 11.8. The number of benzene rings is 2. The van der Waals surface area contributed by atoms with Gasteiger partial charge in [0.2, 0.25) is 0 Å². The minimum atomic E-state index is -3.64. The van der Waals surface area contributed by atoms with Gasteiger partial charge in [-0.15, -0.1) is 0 Å². The van der Waals surface area contributed by atoms with E-state index in [0.717, 1.165) is 5.56 Å². The van der Waals surface area contributed by atoms with Gasteiger partial charge in [0.25, 0.3) is 0 Å². The summed E-state index contributed by atoms with van der Waals surface area (Å²) in [6.45, 7) is 1.98. The zero-order valence-electron chi connectivity index (χ0n) is 11.2. The first-order chi connectivity index (χ1) is 9.55. The summed E-state index contributed by atoms with van der Waals surface area (Å²) in [5, 5.41) is 0. The lowest BCUT2D eigenvalue weighted by Crippen LogP contribution is -2.19. The fraction of sp³-hybridized carbons (Fsp3) is 0.200. The summed E-state index contributed by atoms with van der Waals surface area (Å²) in [6, 6.07) is 15.9. The van der Waals surface area contributed by atoms with Gasteiger partial charge < -0.3 is 8.92 Å². The molecule has 0 aliphatic rings. The van der Waals surface area contributed by atoms with Crippen molar-refractivity contribution in [2.75, 3.05) is 12.4 Å². The summed E-state index contributed by atoms with van der Waals surface area (Å²) in [5.41, 5.74) is 1.04. The van der Waals surface area contributed by atoms with E-state index in [2.05, 4.69) is 0 Å². The quantitative estimate of drug-likeness (QED) is 0.768. The summed E-state index contributed by atoms with van der Waals surface area (Å²) < 4.78 is 33.9. The number of rotatable bonds is 6. The van der Waals surface area contributed by atoms with E-state index in [1.807, 2.05) is 25.1 Å². The second-order valence-corrected chi connectivity index (χ2v) is 6.01. The van der Waals surface area contributed by atoms with Crippen LogP contribution in [0.15, 0.2) is 54.6 Å². The lowest BCUT2D eigenvalue weighted by atomic mass is 10.2. The van der Waals surface area contributed by atoms with Crippen LogP contribution in [0.3, 0.4) is 0 Å². The molecule has 2 aromatic carbocycles. The summed E-state index contributed by atoms with van der Waals surface area (Å²) in [7, 11) is -3.64. The van der Waals surface area contributed by atoms with E-state index in [1.165, 1.54) is 0 Å². The predicted octanol–water partition coefficient (Wildman–Crippen LogP) is 2.78. The average Bonchev–Trinajstić information content (AvgIpc) is 2.42. The molecule has 2 aromatic rings. The van der Waals surface area contributed by atoms with Crippen LogP contribution in [0.25, 0.3) is 0 Å². The SMILES string of the molecule is Cc1ccc(OS(=O)(=O)CCOc2ccccc2)cc1. The van der Waals surface area contributed by atoms with Crippen molar-refractivity contribution in [1.29, 1.82) is 0 Å². The fourth-order valence-electron chi connectivity index (χ4n) is 1.56. The monoisotopic (exact) mass is 292 g/mol. The molecule has 5 heteroatoms. The Morgan fingerprint density at radius 2 is 1.55 bits per heavy atom. The molecule has 0 N–H and O–H groups in total. The predicted molar refractivity (Wildman–Crippen MR) is 77.5 cm³/mol. The second-order valence-electron chi connectivity index (χ2n) is 4.32. The van der Waals surface area contributed by atoms with Crippen molar-refractivity contribution in [2.24, 2.45) is 0 Å². The van der Waals surface area contributed by atoms with Gasteiger partial charge in [-0.2, -0.15) is 8.42 Å². The maximum absolute atomic E-state index is 11.8. The van der Waals surface area contributed by atoms with Crippen molar-refractivity contribution >= 4 is 10.1 Å². The first kappa shape index (κ1) is 14.4. The van der Waals surface area contributed by atoms with E-state index < -0.39 is 10.1 Å². The third-order valence-corrected chi connectivity index (χ3v) is 3.70. The lowest BCUT2D eigenvalue weighted by molar-refractivity contribution is 0.336. The molecular weight excluding hydrogens is 276 g/mol. The standard InChI is InChI=1S/C15H16O4S/c1-13-7-9-15(10-8-13)19-20(16,17)12-11-18-14-5-3-2-4-6-14/h2-10H,11-12H2,1H3. The molecule has 0 saturated heterocycles. The van der Waals surface area contributed by atoms with E-state index in [4.69, 9.17) is 8.92 Å². The number of ether oxygens (including phenoxy) is 1. The number of hydrogen-bond acceptors (Lipinski definition) is 4. The first-order valence-electron chi connectivity index (χ1n) is 6.22. The average molecular weight is 292 g/mol. The van der Waals surface area contributed by atoms with Gasteiger partial charge in [0.15, 0.2) is 0 Å². The second kappa shape index (κ2) is 6.43. The van der Waals surface area contributed by atoms with Crippen LogP contribution < -0.4 is 8.92 Å². The van der Waals surface area contributed by atoms with E-state index in [1.54, 1.807) is 36.4 Å². The Bertz CT molecular complexity index is 633. The Morgan fingerprint density at radius 1 is 0.900 bits per heavy atom. The van der Waals surface area contributed by atoms with Crippen LogP contribution in [0.1, 0.15) is 5.56 Å². The maximum Gasteiger partial charge on any atom is 0.312 e. The van der Waals surface area contributed by atoms with E-state index >= 15 is 0 Å². The molecule has 0 aliphatic heterocycles. The van der Waals surface area contributed by atoms with Crippen LogP contribution in [-0.2, 0) is 10.1 Å². The highest BCUT2D eigenvalue weighted by Crippen LogP contribution is 2.14. The molecule has 106 valence electrons. The molecule has 0 unspecified atom stereocenters. The van der Waals surface area contributed by atoms with Crippen molar-refractivity contribution in [1.82, 2.24) is 0 Å². The van der Waals surface area contributed by atoms with Crippen molar-refractivity contribution in [3.05, 3.63) is 60.2 Å². The molecule has 0 amide bonds. The van der Waals surface area contributed by atoms with Gasteiger partial charge in [-0.25, -0.2) is 0 Å². The zero-order chi connectivity index (χ0) is 14.4. The molecule has 0 saturated carbocycles. The van der Waals surface area contributed by atoms with Crippen LogP contribution in [-0.4, -0.2) is 20.8 Å². The molecule has 0 heterocycles. The molecule has 0 atom stereocenters. The van der Waals surface area contributed by atoms with Gasteiger partial charge in [0, 0.05) is 0 Å². The first-order valence-corrected chi connectivity index (χ1v) is 7.79. The smallest absolute Gasteiger partial charge is 0.312 e. The number of para-hydroxylation sites is 1. The fourth-order valence-corrected chi connectivity index (χ4v) is 2.34. The van der Waals surface area contributed by atoms with E-state index in [0.29, 0.717) is 11.5 Å². The Hall–Kier alpha value is -2.01. The van der Waals surface area contributed by atoms with Gasteiger partial charge in [-0.05, 0) is 31.2 Å². The van der Waals surface area contributed by atoms with E-state index in [-0.39, 0.29) is 12.4 Å². The third-order valence-electron chi connectivity index (χ3n) is 2.59. The van der Waals surface area contributed by atoms with E-state index in [9.17, 15) is 8.42 Å². The summed E-state index contributed by atoms with van der Waals surface area (Å²) in [5.74, 6) is 0.754. The Kier molecular flexibility index (Phi) is 4.63. The van der Waals surface area contributed by atoms with Gasteiger partial charge in [-0.1, -0.05) is 35.9 Å². The van der Waals surface area contributed by atoms with Gasteiger partial charge >= 0.3 is 10.1 Å². The summed E-state index contributed by atoms with van der Waals surface area (Å²) >= 11 is 0. The van der Waals surface area contributed by atoms with Crippen LogP contribution in [0.2, 0.25) is 0 Å². The van der Waals surface area contributed by atoms with Crippen LogP contribution in [0.5, 0.6) is 11.5 Å². The van der Waals surface area contributed by atoms with Crippen molar-refractivity contribution in [2.45, 2.75) is 6.92 Å². The molecule has 0 fully saturated rings. The van der Waals surface area contributed by atoms with Crippen molar-refractivity contribution < 1.29 is 17.3 Å². The number of aryl methyl sites for hydroxylation is 1. The normalized spacial score (nSPS) is 11.1. The Balaban J connectivity index is 1.86. The van der Waals surface area contributed by atoms with Crippen LogP contribution in [0.4, 0.5) is 0 Å². The molecule has 0 aliphatic carbocycles. The molecule has 20 heavy (non-hydrogen) atoms. The lowest BCUT2D eigenvalue weighted by Gasteiger charge is -2.08. The molecule has 0 aromatic heterocycles. The summed E-state index contributed by atoms with van der Waals surface area (Å²) in [4.78, 5) is 0. The molecule has 0 spiro atoms.